The molecule has 3 aromatic rings. The number of thiocarbonyl (C=S) groups is 1. The van der Waals surface area contributed by atoms with Crippen molar-refractivity contribution in [2.45, 2.75) is 6.42 Å². The number of nitrogens with zero attached hydrogens (tertiary/aromatic N) is 2. The molecule has 7 heteroatoms. The normalized spacial score (nSPS) is 10.4. The number of pyridine rings is 1. The van der Waals surface area contributed by atoms with Gasteiger partial charge in [0.1, 0.15) is 5.82 Å². The van der Waals surface area contributed by atoms with Crippen LogP contribution in [-0.4, -0.2) is 21.6 Å². The highest BCUT2D eigenvalue weighted by molar-refractivity contribution is 7.80. The van der Waals surface area contributed by atoms with E-state index in [0.717, 1.165) is 22.0 Å². The first-order chi connectivity index (χ1) is 11.7. The van der Waals surface area contributed by atoms with E-state index in [0.29, 0.717) is 18.1 Å². The number of rotatable bonds is 5. The minimum atomic E-state index is -0.223. The first-order valence-electron chi connectivity index (χ1n) is 7.36. The predicted octanol–water partition coefficient (Wildman–Crippen LogP) is 3.87. The van der Waals surface area contributed by atoms with Crippen LogP contribution >= 0.6 is 23.6 Å². The summed E-state index contributed by atoms with van der Waals surface area (Å²) in [7, 11) is 0. The van der Waals surface area contributed by atoms with Crippen molar-refractivity contribution in [1.29, 1.82) is 0 Å². The van der Waals surface area contributed by atoms with Crippen LogP contribution in [0.4, 0.5) is 9.52 Å². The fourth-order valence-electron chi connectivity index (χ4n) is 2.13. The van der Waals surface area contributed by atoms with Crippen LogP contribution in [0.25, 0.3) is 11.3 Å². The van der Waals surface area contributed by atoms with Crippen molar-refractivity contribution in [2.24, 2.45) is 0 Å². The molecule has 1 aromatic carbocycles. The van der Waals surface area contributed by atoms with E-state index in [1.165, 1.54) is 23.5 Å². The predicted molar refractivity (Wildman–Crippen MR) is 99.7 cm³/mol. The van der Waals surface area contributed by atoms with Crippen molar-refractivity contribution in [1.82, 2.24) is 15.3 Å². The fraction of sp³-hybridized carbons (Fsp3) is 0.118. The molecule has 0 atom stereocenters. The van der Waals surface area contributed by atoms with E-state index in [4.69, 9.17) is 12.2 Å². The number of benzene rings is 1. The summed E-state index contributed by atoms with van der Waals surface area (Å²) in [5.41, 5.74) is 2.75. The molecule has 122 valence electrons. The van der Waals surface area contributed by atoms with Gasteiger partial charge in [0.05, 0.1) is 5.69 Å². The number of aromatic nitrogens is 2. The molecule has 0 saturated heterocycles. The number of thiazole rings is 1. The van der Waals surface area contributed by atoms with Gasteiger partial charge in [0.15, 0.2) is 10.2 Å². The zero-order valence-corrected chi connectivity index (χ0v) is 14.3. The van der Waals surface area contributed by atoms with E-state index in [2.05, 4.69) is 20.6 Å². The minimum absolute atomic E-state index is 0.223. The Bertz CT molecular complexity index is 820. The number of hydrogen-bond acceptors (Lipinski definition) is 4. The average Bonchev–Trinajstić information content (AvgIpc) is 3.04. The van der Waals surface area contributed by atoms with Crippen molar-refractivity contribution >= 4 is 33.8 Å². The summed E-state index contributed by atoms with van der Waals surface area (Å²) in [5, 5.41) is 9.33. The van der Waals surface area contributed by atoms with Crippen molar-refractivity contribution in [3.8, 4) is 11.3 Å². The van der Waals surface area contributed by atoms with Gasteiger partial charge in [-0.1, -0.05) is 12.1 Å². The van der Waals surface area contributed by atoms with Crippen LogP contribution in [0.15, 0.2) is 54.2 Å². The van der Waals surface area contributed by atoms with Gasteiger partial charge in [-0.25, -0.2) is 9.37 Å². The lowest BCUT2D eigenvalue weighted by molar-refractivity contribution is 0.625. The Morgan fingerprint density at radius 2 is 2.17 bits per heavy atom. The fourth-order valence-corrected chi connectivity index (χ4v) is 3.12. The lowest BCUT2D eigenvalue weighted by Gasteiger charge is -2.08. The first kappa shape index (κ1) is 16.5. The van der Waals surface area contributed by atoms with E-state index in [1.807, 2.05) is 23.6 Å². The molecular formula is C17H15FN4S2. The first-order valence-corrected chi connectivity index (χ1v) is 8.65. The summed E-state index contributed by atoms with van der Waals surface area (Å²) >= 11 is 6.74. The average molecular weight is 358 g/mol. The Kier molecular flexibility index (Phi) is 5.45. The smallest absolute Gasteiger partial charge is 0.189 e. The highest BCUT2D eigenvalue weighted by Crippen LogP contribution is 2.23. The maximum Gasteiger partial charge on any atom is 0.189 e. The van der Waals surface area contributed by atoms with Crippen LogP contribution < -0.4 is 10.6 Å². The van der Waals surface area contributed by atoms with Gasteiger partial charge >= 0.3 is 0 Å². The molecule has 2 heterocycles. The van der Waals surface area contributed by atoms with Crippen LogP contribution in [-0.2, 0) is 6.42 Å². The largest absolute Gasteiger partial charge is 0.362 e. The summed E-state index contributed by atoms with van der Waals surface area (Å²) in [6.07, 6.45) is 4.19. The van der Waals surface area contributed by atoms with Gasteiger partial charge in [0.25, 0.3) is 0 Å². The third-order valence-electron chi connectivity index (χ3n) is 3.27. The topological polar surface area (TPSA) is 49.8 Å². The van der Waals surface area contributed by atoms with Crippen LogP contribution in [0.5, 0.6) is 0 Å². The third-order valence-corrected chi connectivity index (χ3v) is 4.27. The van der Waals surface area contributed by atoms with Gasteiger partial charge in [-0.15, -0.1) is 11.3 Å². The molecule has 0 saturated carbocycles. The molecule has 24 heavy (non-hydrogen) atoms. The molecule has 3 rings (SSSR count). The van der Waals surface area contributed by atoms with Gasteiger partial charge < -0.3 is 10.6 Å². The third kappa shape index (κ3) is 4.56. The molecule has 0 aliphatic heterocycles. The number of halogens is 1. The molecule has 4 nitrogen and oxygen atoms in total. The van der Waals surface area contributed by atoms with Gasteiger partial charge in [0, 0.05) is 29.9 Å². The van der Waals surface area contributed by atoms with Gasteiger partial charge in [0.2, 0.25) is 0 Å². The van der Waals surface area contributed by atoms with Crippen LogP contribution in [0, 0.1) is 5.82 Å². The van der Waals surface area contributed by atoms with Gasteiger partial charge in [-0.2, -0.15) is 0 Å². The van der Waals surface area contributed by atoms with Crippen LogP contribution in [0.3, 0.4) is 0 Å². The Labute approximate surface area is 148 Å². The zero-order valence-electron chi connectivity index (χ0n) is 12.7. The Morgan fingerprint density at radius 1 is 1.25 bits per heavy atom. The van der Waals surface area contributed by atoms with Crippen molar-refractivity contribution in [3.05, 3.63) is 65.6 Å². The summed E-state index contributed by atoms with van der Waals surface area (Å²) in [4.78, 5) is 8.57. The SMILES string of the molecule is Fc1cccc(CCNC(=S)Nc2nc(-c3cccnc3)cs2)c1. The Morgan fingerprint density at radius 3 is 2.96 bits per heavy atom. The lowest BCUT2D eigenvalue weighted by atomic mass is 10.1. The molecule has 0 aliphatic carbocycles. The molecule has 0 radical (unpaired) electrons. The number of anilines is 1. The molecule has 0 fully saturated rings. The molecule has 0 spiro atoms. The standard InChI is InChI=1S/C17H15FN4S2/c18-14-5-1-3-12(9-14)6-8-20-16(23)22-17-21-15(11-24-17)13-4-2-7-19-10-13/h1-5,7,9-11H,6,8H2,(H2,20,21,22,23). The molecule has 0 aliphatic rings. The molecule has 0 bridgehead atoms. The lowest BCUT2D eigenvalue weighted by Crippen LogP contribution is -2.30. The number of hydrogen-bond donors (Lipinski definition) is 2. The van der Waals surface area contributed by atoms with E-state index in [9.17, 15) is 4.39 Å². The van der Waals surface area contributed by atoms with Crippen molar-refractivity contribution < 1.29 is 4.39 Å². The Balaban J connectivity index is 1.49. The molecule has 0 unspecified atom stereocenters. The second-order valence-electron chi connectivity index (χ2n) is 5.04. The van der Waals surface area contributed by atoms with Gasteiger partial charge in [-0.3, -0.25) is 4.98 Å². The van der Waals surface area contributed by atoms with E-state index in [1.54, 1.807) is 18.5 Å². The van der Waals surface area contributed by atoms with E-state index in [-0.39, 0.29) is 5.82 Å². The zero-order chi connectivity index (χ0) is 16.8. The Hall–Kier alpha value is -2.38. The van der Waals surface area contributed by atoms with Crippen LogP contribution in [0.2, 0.25) is 0 Å². The summed E-state index contributed by atoms with van der Waals surface area (Å²) in [6, 6.07) is 10.4. The summed E-state index contributed by atoms with van der Waals surface area (Å²) < 4.78 is 13.1. The number of nitrogens with one attached hydrogen (secondary N) is 2. The van der Waals surface area contributed by atoms with Crippen molar-refractivity contribution in [2.75, 3.05) is 11.9 Å². The second kappa shape index (κ2) is 7.94. The molecule has 0 amide bonds. The van der Waals surface area contributed by atoms with Crippen molar-refractivity contribution in [3.63, 3.8) is 0 Å². The minimum Gasteiger partial charge on any atom is -0.362 e. The van der Waals surface area contributed by atoms with Crippen LogP contribution in [0.1, 0.15) is 5.56 Å². The molecule has 2 N–H and O–H groups in total. The summed E-state index contributed by atoms with van der Waals surface area (Å²) in [6.45, 7) is 0.621. The van der Waals surface area contributed by atoms with E-state index < -0.39 is 0 Å². The summed E-state index contributed by atoms with van der Waals surface area (Å²) in [5.74, 6) is -0.223. The molecular weight excluding hydrogens is 343 g/mol. The highest BCUT2D eigenvalue weighted by atomic mass is 32.1. The maximum atomic E-state index is 13.1. The van der Waals surface area contributed by atoms with Gasteiger partial charge in [-0.05, 0) is 48.5 Å². The molecule has 2 aromatic heterocycles. The highest BCUT2D eigenvalue weighted by Gasteiger charge is 2.06. The van der Waals surface area contributed by atoms with E-state index >= 15 is 0 Å². The maximum absolute atomic E-state index is 13.1. The monoisotopic (exact) mass is 358 g/mol. The second-order valence-corrected chi connectivity index (χ2v) is 6.31. The quantitative estimate of drug-likeness (QED) is 0.678.